The molecular weight excluding hydrogens is 400 g/mol. The molecule has 1 saturated carbocycles. The van der Waals surface area contributed by atoms with Crippen molar-refractivity contribution in [3.05, 3.63) is 64.7 Å². The molecule has 0 radical (unpaired) electrons. The molecule has 0 saturated heterocycles. The van der Waals surface area contributed by atoms with E-state index < -0.39 is 6.04 Å². The van der Waals surface area contributed by atoms with Gasteiger partial charge in [-0.2, -0.15) is 0 Å². The number of benzene rings is 2. The average Bonchev–Trinajstić information content (AvgIpc) is 3.26. The Morgan fingerprint density at radius 1 is 1.06 bits per heavy atom. The molecule has 0 unspecified atom stereocenters. The SMILES string of the molecule is CC[C@H](C(=O)NC1CCCC1)N(Cc1cccc(C)c1)C(=O)COc1ccc(C)cc1C. The number of hydrogen-bond donors (Lipinski definition) is 1. The second kappa shape index (κ2) is 11.2. The first-order chi connectivity index (χ1) is 15.4. The maximum atomic E-state index is 13.3. The summed E-state index contributed by atoms with van der Waals surface area (Å²) >= 11 is 0. The van der Waals surface area contributed by atoms with Crippen LogP contribution in [0.2, 0.25) is 0 Å². The van der Waals surface area contributed by atoms with Gasteiger partial charge in [0.2, 0.25) is 5.91 Å². The summed E-state index contributed by atoms with van der Waals surface area (Å²) in [4.78, 5) is 28.2. The van der Waals surface area contributed by atoms with Crippen molar-refractivity contribution in [3.63, 3.8) is 0 Å². The highest BCUT2D eigenvalue weighted by molar-refractivity contribution is 5.88. The summed E-state index contributed by atoms with van der Waals surface area (Å²) in [6, 6.07) is 13.7. The first-order valence-electron chi connectivity index (χ1n) is 11.7. The zero-order valence-corrected chi connectivity index (χ0v) is 19.8. The smallest absolute Gasteiger partial charge is 0.261 e. The van der Waals surface area contributed by atoms with E-state index in [0.717, 1.165) is 47.9 Å². The van der Waals surface area contributed by atoms with Crippen molar-refractivity contribution in [1.29, 1.82) is 0 Å². The first kappa shape index (κ1) is 23.8. The molecule has 2 aromatic carbocycles. The van der Waals surface area contributed by atoms with Gasteiger partial charge in [0, 0.05) is 12.6 Å². The van der Waals surface area contributed by atoms with Crippen molar-refractivity contribution in [2.75, 3.05) is 6.61 Å². The third kappa shape index (κ3) is 6.35. The van der Waals surface area contributed by atoms with Gasteiger partial charge in [0.15, 0.2) is 6.61 Å². The molecule has 2 amide bonds. The van der Waals surface area contributed by atoms with Gasteiger partial charge < -0.3 is 15.0 Å². The highest BCUT2D eigenvalue weighted by Crippen LogP contribution is 2.21. The maximum Gasteiger partial charge on any atom is 0.261 e. The predicted octanol–water partition coefficient (Wildman–Crippen LogP) is 4.86. The number of nitrogens with zero attached hydrogens (tertiary/aromatic N) is 1. The lowest BCUT2D eigenvalue weighted by Gasteiger charge is -2.31. The van der Waals surface area contributed by atoms with E-state index in [9.17, 15) is 9.59 Å². The number of amides is 2. The second-order valence-electron chi connectivity index (χ2n) is 8.98. The lowest BCUT2D eigenvalue weighted by atomic mass is 10.1. The third-order valence-electron chi connectivity index (χ3n) is 6.20. The summed E-state index contributed by atoms with van der Waals surface area (Å²) in [7, 11) is 0. The fourth-order valence-electron chi connectivity index (χ4n) is 4.48. The maximum absolute atomic E-state index is 13.3. The van der Waals surface area contributed by atoms with E-state index in [2.05, 4.69) is 11.4 Å². The fourth-order valence-corrected chi connectivity index (χ4v) is 4.48. The van der Waals surface area contributed by atoms with Crippen molar-refractivity contribution >= 4 is 11.8 Å². The van der Waals surface area contributed by atoms with Gasteiger partial charge in [-0.3, -0.25) is 9.59 Å². The van der Waals surface area contributed by atoms with E-state index in [0.29, 0.717) is 18.7 Å². The predicted molar refractivity (Wildman–Crippen MR) is 128 cm³/mol. The molecule has 1 fully saturated rings. The molecule has 1 aliphatic carbocycles. The molecule has 0 bridgehead atoms. The third-order valence-corrected chi connectivity index (χ3v) is 6.20. The number of hydrogen-bond acceptors (Lipinski definition) is 3. The molecule has 1 N–H and O–H groups in total. The Kier molecular flexibility index (Phi) is 8.32. The van der Waals surface area contributed by atoms with Crippen LogP contribution in [0, 0.1) is 20.8 Å². The Labute approximate surface area is 192 Å². The van der Waals surface area contributed by atoms with E-state index >= 15 is 0 Å². The Morgan fingerprint density at radius 3 is 2.44 bits per heavy atom. The largest absolute Gasteiger partial charge is 0.483 e. The average molecular weight is 437 g/mol. The minimum absolute atomic E-state index is 0.0630. The molecule has 1 aliphatic rings. The topological polar surface area (TPSA) is 58.6 Å². The van der Waals surface area contributed by atoms with Gasteiger partial charge in [0.1, 0.15) is 11.8 Å². The van der Waals surface area contributed by atoms with E-state index in [1.807, 2.05) is 64.1 Å². The van der Waals surface area contributed by atoms with Gasteiger partial charge in [-0.1, -0.05) is 67.3 Å². The second-order valence-corrected chi connectivity index (χ2v) is 8.98. The highest BCUT2D eigenvalue weighted by atomic mass is 16.5. The quantitative estimate of drug-likeness (QED) is 0.611. The Morgan fingerprint density at radius 2 is 1.78 bits per heavy atom. The Hall–Kier alpha value is -2.82. The molecule has 5 nitrogen and oxygen atoms in total. The molecule has 32 heavy (non-hydrogen) atoms. The molecule has 0 aliphatic heterocycles. The van der Waals surface area contributed by atoms with Gasteiger partial charge >= 0.3 is 0 Å². The molecule has 0 spiro atoms. The molecule has 0 aromatic heterocycles. The lowest BCUT2D eigenvalue weighted by Crippen LogP contribution is -2.52. The van der Waals surface area contributed by atoms with E-state index in [1.54, 1.807) is 4.90 Å². The number of aryl methyl sites for hydroxylation is 3. The minimum atomic E-state index is -0.522. The van der Waals surface area contributed by atoms with Gasteiger partial charge in [-0.15, -0.1) is 0 Å². The van der Waals surface area contributed by atoms with Crippen molar-refractivity contribution in [1.82, 2.24) is 10.2 Å². The van der Waals surface area contributed by atoms with Crippen molar-refractivity contribution in [2.45, 2.75) is 78.4 Å². The summed E-state index contributed by atoms with van der Waals surface area (Å²) in [6.07, 6.45) is 4.89. The van der Waals surface area contributed by atoms with E-state index in [-0.39, 0.29) is 24.5 Å². The molecular formula is C27H36N2O3. The van der Waals surface area contributed by atoms with Gasteiger partial charge in [-0.25, -0.2) is 0 Å². The zero-order valence-electron chi connectivity index (χ0n) is 19.8. The van der Waals surface area contributed by atoms with E-state index in [4.69, 9.17) is 4.74 Å². The summed E-state index contributed by atoms with van der Waals surface area (Å²) in [6.45, 7) is 8.28. The standard InChI is InChI=1S/C27H36N2O3/c1-5-24(27(31)28-23-11-6-7-12-23)29(17-22-10-8-9-19(2)16-22)26(30)18-32-25-14-13-20(3)15-21(25)4/h8-10,13-16,23-24H,5-7,11-12,17-18H2,1-4H3,(H,28,31)/t24-/m1/s1. The van der Waals surface area contributed by atoms with E-state index in [1.165, 1.54) is 0 Å². The Bertz CT molecular complexity index is 934. The lowest BCUT2D eigenvalue weighted by molar-refractivity contribution is -0.143. The van der Waals surface area contributed by atoms with Gasteiger partial charge in [-0.05, 0) is 57.2 Å². The summed E-state index contributed by atoms with van der Waals surface area (Å²) in [5.41, 5.74) is 4.29. The van der Waals surface area contributed by atoms with Crippen LogP contribution in [0.15, 0.2) is 42.5 Å². The Balaban J connectivity index is 1.77. The van der Waals surface area contributed by atoms with Crippen LogP contribution in [0.25, 0.3) is 0 Å². The van der Waals surface area contributed by atoms with Crippen molar-refractivity contribution in [2.24, 2.45) is 0 Å². The van der Waals surface area contributed by atoms with Crippen molar-refractivity contribution < 1.29 is 14.3 Å². The van der Waals surface area contributed by atoms with Gasteiger partial charge in [0.05, 0.1) is 0 Å². The van der Waals surface area contributed by atoms with Crippen LogP contribution < -0.4 is 10.1 Å². The minimum Gasteiger partial charge on any atom is -0.483 e. The molecule has 172 valence electrons. The number of carbonyl (C=O) groups excluding carboxylic acids is 2. The summed E-state index contributed by atoms with van der Waals surface area (Å²) < 4.78 is 5.88. The van der Waals surface area contributed by atoms with Crippen LogP contribution in [0.4, 0.5) is 0 Å². The van der Waals surface area contributed by atoms with Crippen LogP contribution in [0.3, 0.4) is 0 Å². The highest BCUT2D eigenvalue weighted by Gasteiger charge is 2.31. The fraction of sp³-hybridized carbons (Fsp3) is 0.481. The number of ether oxygens (including phenoxy) is 1. The molecule has 3 rings (SSSR count). The number of rotatable bonds is 9. The molecule has 2 aromatic rings. The van der Waals surface area contributed by atoms with Crippen LogP contribution >= 0.6 is 0 Å². The van der Waals surface area contributed by atoms with Crippen LogP contribution in [0.5, 0.6) is 5.75 Å². The van der Waals surface area contributed by atoms with Crippen LogP contribution in [-0.2, 0) is 16.1 Å². The number of carbonyl (C=O) groups is 2. The number of nitrogens with one attached hydrogen (secondary N) is 1. The molecule has 0 heterocycles. The van der Waals surface area contributed by atoms with Crippen molar-refractivity contribution in [3.8, 4) is 5.75 Å². The van der Waals surface area contributed by atoms with Crippen LogP contribution in [-0.4, -0.2) is 35.4 Å². The summed E-state index contributed by atoms with van der Waals surface area (Å²) in [5.74, 6) is 0.453. The monoisotopic (exact) mass is 436 g/mol. The van der Waals surface area contributed by atoms with Crippen LogP contribution in [0.1, 0.15) is 61.3 Å². The molecule has 5 heteroatoms. The van der Waals surface area contributed by atoms with Gasteiger partial charge in [0.25, 0.3) is 5.91 Å². The molecule has 1 atom stereocenters. The zero-order chi connectivity index (χ0) is 23.1. The normalized spacial score (nSPS) is 14.8. The first-order valence-corrected chi connectivity index (χ1v) is 11.7. The summed E-state index contributed by atoms with van der Waals surface area (Å²) in [5, 5.41) is 3.18.